The minimum atomic E-state index is -0.549. The molecule has 4 aromatic rings. The maximum absolute atomic E-state index is 10.5. The molecule has 0 radical (unpaired) electrons. The second-order valence-corrected chi connectivity index (χ2v) is 8.32. The summed E-state index contributed by atoms with van der Waals surface area (Å²) in [6.07, 6.45) is 1.61. The van der Waals surface area contributed by atoms with Crippen LogP contribution in [0.1, 0.15) is 12.8 Å². The standard InChI is InChI=1S/C26H29N3O2/c30-21(17-27-19-13-15-29(16-14-19)20-7-2-1-3-8-20)18-31-25-12-6-11-24-26(25)22-9-4-5-10-23(22)28-24/h1-12,19,21,27-28,30H,13-18H2/t21-/m0/s1. The van der Waals surface area contributed by atoms with Gasteiger partial charge in [-0.15, -0.1) is 0 Å². The predicted molar refractivity (Wildman–Crippen MR) is 127 cm³/mol. The van der Waals surface area contributed by atoms with Crippen LogP contribution in [0.15, 0.2) is 72.8 Å². The first-order chi connectivity index (χ1) is 15.3. The lowest BCUT2D eigenvalue weighted by Crippen LogP contribution is -2.45. The van der Waals surface area contributed by atoms with E-state index >= 15 is 0 Å². The number of aliphatic hydroxyl groups is 1. The van der Waals surface area contributed by atoms with Crippen LogP contribution in [0.25, 0.3) is 21.8 Å². The third-order valence-corrected chi connectivity index (χ3v) is 6.18. The van der Waals surface area contributed by atoms with E-state index in [2.05, 4.69) is 63.7 Å². The Bertz CT molecular complexity index is 1130. The van der Waals surface area contributed by atoms with Crippen LogP contribution in [0.3, 0.4) is 0 Å². The van der Waals surface area contributed by atoms with Crippen LogP contribution < -0.4 is 15.0 Å². The molecule has 1 atom stereocenters. The maximum atomic E-state index is 10.5. The zero-order valence-corrected chi connectivity index (χ0v) is 17.6. The summed E-state index contributed by atoms with van der Waals surface area (Å²) in [5, 5.41) is 16.2. The molecule has 5 nitrogen and oxygen atoms in total. The maximum Gasteiger partial charge on any atom is 0.129 e. The molecule has 0 saturated carbocycles. The number of para-hydroxylation sites is 2. The number of nitrogens with zero attached hydrogens (tertiary/aromatic N) is 1. The van der Waals surface area contributed by atoms with Crippen LogP contribution in [0, 0.1) is 0 Å². The Hall–Kier alpha value is -3.02. The predicted octanol–water partition coefficient (Wildman–Crippen LogP) is 4.32. The molecule has 3 N–H and O–H groups in total. The number of piperidine rings is 1. The van der Waals surface area contributed by atoms with Gasteiger partial charge >= 0.3 is 0 Å². The van der Waals surface area contributed by atoms with E-state index in [1.165, 1.54) is 5.69 Å². The highest BCUT2D eigenvalue weighted by Gasteiger charge is 2.20. The van der Waals surface area contributed by atoms with Gasteiger partial charge in [-0.25, -0.2) is 0 Å². The van der Waals surface area contributed by atoms with Crippen molar-refractivity contribution in [1.29, 1.82) is 0 Å². The van der Waals surface area contributed by atoms with E-state index in [1.807, 2.05) is 24.3 Å². The monoisotopic (exact) mass is 415 g/mol. The summed E-state index contributed by atoms with van der Waals surface area (Å²) in [7, 11) is 0. The summed E-state index contributed by atoms with van der Waals surface area (Å²) in [6, 6.07) is 25.3. The molecule has 0 amide bonds. The molecular weight excluding hydrogens is 386 g/mol. The molecule has 5 heteroatoms. The molecule has 3 aromatic carbocycles. The lowest BCUT2D eigenvalue weighted by Gasteiger charge is -2.34. The highest BCUT2D eigenvalue weighted by Crippen LogP contribution is 2.33. The summed E-state index contributed by atoms with van der Waals surface area (Å²) in [5.74, 6) is 0.810. The van der Waals surface area contributed by atoms with Crippen molar-refractivity contribution >= 4 is 27.5 Å². The number of hydrogen-bond acceptors (Lipinski definition) is 4. The van der Waals surface area contributed by atoms with Crippen LogP contribution in [0.2, 0.25) is 0 Å². The van der Waals surface area contributed by atoms with E-state index in [-0.39, 0.29) is 6.61 Å². The molecule has 160 valence electrons. The van der Waals surface area contributed by atoms with Gasteiger partial charge in [-0.2, -0.15) is 0 Å². The van der Waals surface area contributed by atoms with Crippen molar-refractivity contribution < 1.29 is 9.84 Å². The van der Waals surface area contributed by atoms with Crippen LogP contribution >= 0.6 is 0 Å². The number of rotatable bonds is 7. The molecule has 1 fully saturated rings. The third-order valence-electron chi connectivity index (χ3n) is 6.18. The molecule has 1 aromatic heterocycles. The summed E-state index contributed by atoms with van der Waals surface area (Å²) < 4.78 is 6.04. The smallest absolute Gasteiger partial charge is 0.129 e. The summed E-state index contributed by atoms with van der Waals surface area (Å²) in [4.78, 5) is 5.86. The lowest BCUT2D eigenvalue weighted by atomic mass is 10.0. The van der Waals surface area contributed by atoms with E-state index in [9.17, 15) is 5.11 Å². The van der Waals surface area contributed by atoms with Gasteiger partial charge in [0, 0.05) is 47.7 Å². The molecule has 0 unspecified atom stereocenters. The number of aromatic nitrogens is 1. The second-order valence-electron chi connectivity index (χ2n) is 8.32. The van der Waals surface area contributed by atoms with Gasteiger partial charge < -0.3 is 25.0 Å². The summed E-state index contributed by atoms with van der Waals surface area (Å²) >= 11 is 0. The number of aliphatic hydroxyl groups excluding tert-OH is 1. The number of H-pyrrole nitrogens is 1. The van der Waals surface area contributed by atoms with Crippen LogP contribution in [0.5, 0.6) is 5.75 Å². The fraction of sp³-hybridized carbons (Fsp3) is 0.308. The Morgan fingerprint density at radius 1 is 0.935 bits per heavy atom. The van der Waals surface area contributed by atoms with Crippen molar-refractivity contribution in [3.05, 3.63) is 72.8 Å². The van der Waals surface area contributed by atoms with E-state index in [0.717, 1.165) is 53.5 Å². The minimum absolute atomic E-state index is 0.272. The van der Waals surface area contributed by atoms with Gasteiger partial charge in [-0.1, -0.05) is 42.5 Å². The molecule has 0 bridgehead atoms. The van der Waals surface area contributed by atoms with Gasteiger partial charge in [0.1, 0.15) is 18.5 Å². The first-order valence-corrected chi connectivity index (χ1v) is 11.1. The fourth-order valence-electron chi connectivity index (χ4n) is 4.52. The molecule has 0 aliphatic carbocycles. The lowest BCUT2D eigenvalue weighted by molar-refractivity contribution is 0.103. The molecule has 31 heavy (non-hydrogen) atoms. The van der Waals surface area contributed by atoms with Gasteiger partial charge in [0.2, 0.25) is 0 Å². The average Bonchev–Trinajstić information content (AvgIpc) is 3.21. The third kappa shape index (κ3) is 4.38. The van der Waals surface area contributed by atoms with Crippen molar-refractivity contribution in [2.75, 3.05) is 31.1 Å². The quantitative estimate of drug-likeness (QED) is 0.421. The number of aromatic amines is 1. The second kappa shape index (κ2) is 9.00. The molecule has 5 rings (SSSR count). The summed E-state index contributed by atoms with van der Waals surface area (Å²) in [6.45, 7) is 2.89. The van der Waals surface area contributed by atoms with Crippen molar-refractivity contribution in [1.82, 2.24) is 10.3 Å². The van der Waals surface area contributed by atoms with Gasteiger partial charge in [-0.3, -0.25) is 0 Å². The van der Waals surface area contributed by atoms with E-state index < -0.39 is 6.10 Å². The molecule has 2 heterocycles. The Morgan fingerprint density at radius 2 is 1.68 bits per heavy atom. The molecule has 1 aliphatic heterocycles. The van der Waals surface area contributed by atoms with Gasteiger partial charge in [0.05, 0.1) is 5.52 Å². The molecule has 0 spiro atoms. The Morgan fingerprint density at radius 3 is 2.52 bits per heavy atom. The average molecular weight is 416 g/mol. The topological polar surface area (TPSA) is 60.5 Å². The molecule has 1 saturated heterocycles. The highest BCUT2D eigenvalue weighted by molar-refractivity contribution is 6.10. The van der Waals surface area contributed by atoms with Crippen molar-refractivity contribution in [3.63, 3.8) is 0 Å². The van der Waals surface area contributed by atoms with Gasteiger partial charge in [0.25, 0.3) is 0 Å². The fourth-order valence-corrected chi connectivity index (χ4v) is 4.52. The summed E-state index contributed by atoms with van der Waals surface area (Å²) in [5.41, 5.74) is 3.44. The number of benzene rings is 3. The van der Waals surface area contributed by atoms with E-state index in [1.54, 1.807) is 0 Å². The number of ether oxygens (including phenoxy) is 1. The normalized spacial score (nSPS) is 16.1. The number of hydrogen-bond donors (Lipinski definition) is 3. The van der Waals surface area contributed by atoms with Crippen LogP contribution in [0.4, 0.5) is 5.69 Å². The van der Waals surface area contributed by atoms with E-state index in [0.29, 0.717) is 12.6 Å². The van der Waals surface area contributed by atoms with Gasteiger partial charge in [0.15, 0.2) is 0 Å². The number of fused-ring (bicyclic) bond motifs is 3. The Kier molecular flexibility index (Phi) is 5.78. The van der Waals surface area contributed by atoms with Crippen LogP contribution in [-0.4, -0.2) is 48.5 Å². The Labute approximate surface area is 182 Å². The van der Waals surface area contributed by atoms with Crippen molar-refractivity contribution in [2.45, 2.75) is 25.0 Å². The number of anilines is 1. The zero-order valence-electron chi connectivity index (χ0n) is 17.6. The zero-order chi connectivity index (χ0) is 21.0. The SMILES string of the molecule is O[C@@H](CNC1CCN(c2ccccc2)CC1)COc1cccc2[nH]c3ccccc3c12. The Balaban J connectivity index is 1.13. The number of nitrogens with one attached hydrogen (secondary N) is 2. The van der Waals surface area contributed by atoms with Crippen molar-refractivity contribution in [2.24, 2.45) is 0 Å². The minimum Gasteiger partial charge on any atom is -0.490 e. The van der Waals surface area contributed by atoms with Crippen LogP contribution in [-0.2, 0) is 0 Å². The largest absolute Gasteiger partial charge is 0.490 e. The first-order valence-electron chi connectivity index (χ1n) is 11.1. The first kappa shape index (κ1) is 19.9. The molecular formula is C26H29N3O2. The molecule has 1 aliphatic rings. The van der Waals surface area contributed by atoms with Crippen molar-refractivity contribution in [3.8, 4) is 5.75 Å². The highest BCUT2D eigenvalue weighted by atomic mass is 16.5. The van der Waals surface area contributed by atoms with E-state index in [4.69, 9.17) is 4.74 Å². The van der Waals surface area contributed by atoms with Gasteiger partial charge in [-0.05, 0) is 43.2 Å².